The molecule has 0 radical (unpaired) electrons. The Labute approximate surface area is 245 Å². The van der Waals surface area contributed by atoms with Gasteiger partial charge in [-0.15, -0.1) is 0 Å². The van der Waals surface area contributed by atoms with E-state index in [0.717, 1.165) is 43.4 Å². The van der Waals surface area contributed by atoms with Gasteiger partial charge in [0, 0.05) is 17.4 Å². The van der Waals surface area contributed by atoms with Gasteiger partial charge in [-0.2, -0.15) is 17.6 Å². The third-order valence-corrected chi connectivity index (χ3v) is 8.01. The fraction of sp³-hybridized carbons (Fsp3) is 0.625. The molecule has 0 atom stereocenters. The molecule has 0 saturated heterocycles. The number of esters is 2. The number of ether oxygens (including phenoxy) is 2. The highest BCUT2D eigenvalue weighted by molar-refractivity contribution is 5.88. The molecule has 0 amide bonds. The first kappa shape index (κ1) is 35.5. The fourth-order valence-corrected chi connectivity index (χ4v) is 5.13. The van der Waals surface area contributed by atoms with E-state index in [1.54, 1.807) is 0 Å². The van der Waals surface area contributed by atoms with Crippen LogP contribution in [0.25, 0.3) is 0 Å². The van der Waals surface area contributed by atoms with Gasteiger partial charge in [-0.1, -0.05) is 57.2 Å². The van der Waals surface area contributed by atoms with Crippen molar-refractivity contribution in [3.63, 3.8) is 0 Å². The number of carbonyl (C=O) groups excluding carboxylic acids is 2. The van der Waals surface area contributed by atoms with Crippen LogP contribution >= 0.6 is 0 Å². The smallest absolute Gasteiger partial charge is 0.335 e. The van der Waals surface area contributed by atoms with Crippen LogP contribution in [-0.4, -0.2) is 54.5 Å². The summed E-state index contributed by atoms with van der Waals surface area (Å²) in [5, 5.41) is 18.1. The number of alkyl halides is 4. The van der Waals surface area contributed by atoms with E-state index in [4.69, 9.17) is 19.7 Å². The van der Waals surface area contributed by atoms with Crippen molar-refractivity contribution >= 4 is 11.9 Å². The second-order valence-electron chi connectivity index (χ2n) is 11.2. The van der Waals surface area contributed by atoms with Crippen LogP contribution in [0.2, 0.25) is 0 Å². The summed E-state index contributed by atoms with van der Waals surface area (Å²) in [6.07, 6.45) is 5.18. The summed E-state index contributed by atoms with van der Waals surface area (Å²) < 4.78 is 70.9. The van der Waals surface area contributed by atoms with Crippen molar-refractivity contribution in [2.75, 3.05) is 26.4 Å². The van der Waals surface area contributed by atoms with Gasteiger partial charge < -0.3 is 19.7 Å². The van der Waals surface area contributed by atoms with Crippen LogP contribution in [0.3, 0.4) is 0 Å². The summed E-state index contributed by atoms with van der Waals surface area (Å²) in [5.74, 6) is -12.0. The summed E-state index contributed by atoms with van der Waals surface area (Å²) in [6.45, 7) is 7.41. The second kappa shape index (κ2) is 16.8. The average molecular weight is 601 g/mol. The Morgan fingerprint density at radius 3 is 1.90 bits per heavy atom. The minimum atomic E-state index is -4.29. The molecule has 1 aliphatic carbocycles. The van der Waals surface area contributed by atoms with Gasteiger partial charge in [0.05, 0.1) is 37.6 Å². The molecule has 10 heteroatoms. The molecule has 1 aliphatic rings. The van der Waals surface area contributed by atoms with E-state index in [1.165, 1.54) is 12.1 Å². The SMILES string of the molecule is C=C(CO)C(=O)OCC(CCC1CCC(C(F)(F)C(F)(F)c2ccc(CCCCC)cc2)CC1)COC(=O)C(=C)CO. The summed E-state index contributed by atoms with van der Waals surface area (Å²) in [7, 11) is 0. The van der Waals surface area contributed by atoms with E-state index in [1.807, 2.05) is 0 Å². The van der Waals surface area contributed by atoms with Crippen LogP contribution < -0.4 is 0 Å². The van der Waals surface area contributed by atoms with Crippen LogP contribution in [0.1, 0.15) is 75.8 Å². The summed E-state index contributed by atoms with van der Waals surface area (Å²) in [6, 6.07) is 5.26. The van der Waals surface area contributed by atoms with Gasteiger partial charge >= 0.3 is 23.8 Å². The zero-order chi connectivity index (χ0) is 31.3. The van der Waals surface area contributed by atoms with Gasteiger partial charge in [-0.3, -0.25) is 0 Å². The van der Waals surface area contributed by atoms with Crippen LogP contribution in [-0.2, 0) is 31.4 Å². The number of rotatable bonds is 18. The van der Waals surface area contributed by atoms with Gasteiger partial charge in [-0.05, 0) is 62.8 Å². The number of halogens is 4. The molecule has 1 saturated carbocycles. The molecule has 1 aromatic rings. The molecule has 0 heterocycles. The van der Waals surface area contributed by atoms with E-state index in [2.05, 4.69) is 20.1 Å². The van der Waals surface area contributed by atoms with Crippen molar-refractivity contribution in [1.82, 2.24) is 0 Å². The predicted molar refractivity (Wildman–Crippen MR) is 151 cm³/mol. The Kier molecular flexibility index (Phi) is 14.2. The Morgan fingerprint density at radius 1 is 0.905 bits per heavy atom. The van der Waals surface area contributed by atoms with Gasteiger partial charge in [0.1, 0.15) is 0 Å². The summed E-state index contributed by atoms with van der Waals surface area (Å²) in [4.78, 5) is 23.8. The Morgan fingerprint density at radius 2 is 1.43 bits per heavy atom. The molecule has 42 heavy (non-hydrogen) atoms. The monoisotopic (exact) mass is 600 g/mol. The summed E-state index contributed by atoms with van der Waals surface area (Å²) in [5.41, 5.74) is -0.100. The molecule has 0 aromatic heterocycles. The minimum Gasteiger partial charge on any atom is -0.462 e. The second-order valence-corrected chi connectivity index (χ2v) is 11.2. The Hall–Kier alpha value is -2.72. The lowest BCUT2D eigenvalue weighted by Gasteiger charge is -2.38. The zero-order valence-corrected chi connectivity index (χ0v) is 24.4. The highest BCUT2D eigenvalue weighted by Crippen LogP contribution is 2.52. The summed E-state index contributed by atoms with van der Waals surface area (Å²) >= 11 is 0. The van der Waals surface area contributed by atoms with E-state index >= 15 is 17.6 Å². The Balaban J connectivity index is 1.95. The highest BCUT2D eigenvalue weighted by atomic mass is 19.3. The lowest BCUT2D eigenvalue weighted by atomic mass is 9.74. The quantitative estimate of drug-likeness (QED) is 0.0861. The van der Waals surface area contributed by atoms with Crippen molar-refractivity contribution in [3.05, 3.63) is 59.7 Å². The molecule has 6 nitrogen and oxygen atoms in total. The van der Waals surface area contributed by atoms with Crippen molar-refractivity contribution in [3.8, 4) is 0 Å². The van der Waals surface area contributed by atoms with Crippen LogP contribution in [0.4, 0.5) is 17.6 Å². The van der Waals surface area contributed by atoms with Gasteiger partial charge in [0.25, 0.3) is 0 Å². The highest BCUT2D eigenvalue weighted by Gasteiger charge is 2.61. The predicted octanol–water partition coefficient (Wildman–Crippen LogP) is 6.53. The zero-order valence-electron chi connectivity index (χ0n) is 24.4. The van der Waals surface area contributed by atoms with Crippen LogP contribution in [0.5, 0.6) is 0 Å². The van der Waals surface area contributed by atoms with Crippen LogP contribution in [0.15, 0.2) is 48.6 Å². The van der Waals surface area contributed by atoms with Crippen molar-refractivity contribution in [2.24, 2.45) is 17.8 Å². The standard InChI is InChI=1S/C32H44F4O6/c1-4-5-6-7-24-10-14-27(15-11-24)31(33,34)32(35,36)28-16-12-25(13-17-28)8-9-26(20-41-29(39)22(2)18-37)21-42-30(40)23(3)19-38/h10-11,14-15,25-26,28,37-38H,2-9,12-13,16-21H2,1H3. The lowest BCUT2D eigenvalue weighted by molar-refractivity contribution is -0.249. The number of hydrogen-bond acceptors (Lipinski definition) is 6. The van der Waals surface area contributed by atoms with E-state index in [-0.39, 0.29) is 43.1 Å². The number of hydrogen-bond donors (Lipinski definition) is 2. The van der Waals surface area contributed by atoms with Gasteiger partial charge in [0.15, 0.2) is 0 Å². The maximum Gasteiger partial charge on any atom is 0.335 e. The number of unbranched alkanes of at least 4 members (excludes halogenated alkanes) is 2. The molecular formula is C32H44F4O6. The Bertz CT molecular complexity index is 1000. The number of aliphatic hydroxyl groups is 2. The lowest BCUT2D eigenvalue weighted by Crippen LogP contribution is -2.45. The topological polar surface area (TPSA) is 93.1 Å². The van der Waals surface area contributed by atoms with E-state index in [0.29, 0.717) is 25.7 Å². The third-order valence-electron chi connectivity index (χ3n) is 8.01. The maximum absolute atomic E-state index is 15.2. The largest absolute Gasteiger partial charge is 0.462 e. The normalized spacial score (nSPS) is 17.6. The molecular weight excluding hydrogens is 556 g/mol. The molecule has 0 unspecified atom stereocenters. The third kappa shape index (κ3) is 9.93. The molecule has 0 spiro atoms. The van der Waals surface area contributed by atoms with Crippen molar-refractivity contribution < 1.29 is 46.8 Å². The van der Waals surface area contributed by atoms with Crippen molar-refractivity contribution in [1.29, 1.82) is 0 Å². The molecule has 1 fully saturated rings. The molecule has 0 aliphatic heterocycles. The fourth-order valence-electron chi connectivity index (χ4n) is 5.13. The van der Waals surface area contributed by atoms with Gasteiger partial charge in [-0.25, -0.2) is 9.59 Å². The molecule has 0 bridgehead atoms. The number of carbonyl (C=O) groups is 2. The molecule has 1 aromatic carbocycles. The van der Waals surface area contributed by atoms with E-state index < -0.39 is 54.4 Å². The number of benzene rings is 1. The van der Waals surface area contributed by atoms with E-state index in [9.17, 15) is 9.59 Å². The minimum absolute atomic E-state index is 0.0122. The molecule has 2 N–H and O–H groups in total. The van der Waals surface area contributed by atoms with Gasteiger partial charge in [0.2, 0.25) is 0 Å². The van der Waals surface area contributed by atoms with Crippen LogP contribution in [0, 0.1) is 17.8 Å². The first-order chi connectivity index (χ1) is 19.9. The molecule has 236 valence electrons. The first-order valence-corrected chi connectivity index (χ1v) is 14.6. The average Bonchev–Trinajstić information content (AvgIpc) is 2.99. The molecule has 2 rings (SSSR count). The first-order valence-electron chi connectivity index (χ1n) is 14.6. The van der Waals surface area contributed by atoms with Crippen molar-refractivity contribution in [2.45, 2.75) is 83.0 Å². The number of aliphatic hydroxyl groups excluding tert-OH is 2. The number of aryl methyl sites for hydroxylation is 1. The maximum atomic E-state index is 15.2.